The van der Waals surface area contributed by atoms with Crippen LogP contribution in [-0.2, 0) is 0 Å². The zero-order valence-electron chi connectivity index (χ0n) is 16.8. The molecule has 2 aromatic carbocycles. The number of likely N-dealkylation sites (tertiary alicyclic amines) is 1. The number of benzene rings is 2. The van der Waals surface area contributed by atoms with Crippen LogP contribution in [0.5, 0.6) is 23.0 Å². The van der Waals surface area contributed by atoms with E-state index in [1.165, 1.54) is 0 Å². The van der Waals surface area contributed by atoms with Gasteiger partial charge in [0.05, 0.1) is 20.3 Å². The van der Waals surface area contributed by atoms with E-state index >= 15 is 0 Å². The largest absolute Gasteiger partial charge is 0.496 e. The van der Waals surface area contributed by atoms with Crippen molar-refractivity contribution in [3.8, 4) is 23.0 Å². The molecule has 7 heteroatoms. The maximum Gasteiger partial charge on any atom is 0.258 e. The molecule has 0 saturated carbocycles. The lowest BCUT2D eigenvalue weighted by Gasteiger charge is -2.28. The van der Waals surface area contributed by atoms with E-state index in [2.05, 4.69) is 10.2 Å². The minimum absolute atomic E-state index is 0.0525. The number of nitrogens with zero attached hydrogens (tertiary/aromatic N) is 1. The minimum Gasteiger partial charge on any atom is -0.496 e. The van der Waals surface area contributed by atoms with Crippen LogP contribution in [0, 0.1) is 0 Å². The molecule has 1 saturated heterocycles. The van der Waals surface area contributed by atoms with Gasteiger partial charge in [-0.15, -0.1) is 0 Å². The van der Waals surface area contributed by atoms with Crippen LogP contribution >= 0.6 is 0 Å². The lowest BCUT2D eigenvalue weighted by atomic mass is 10.0. The first-order valence-corrected chi connectivity index (χ1v) is 9.84. The zero-order chi connectivity index (χ0) is 20.2. The Balaban J connectivity index is 1.55. The summed E-state index contributed by atoms with van der Waals surface area (Å²) in [5.41, 5.74) is 1.51. The normalized spacial score (nSPS) is 16.5. The molecule has 0 radical (unpaired) electrons. The summed E-state index contributed by atoms with van der Waals surface area (Å²) >= 11 is 0. The third-order valence-corrected chi connectivity index (χ3v) is 5.47. The van der Waals surface area contributed by atoms with Crippen molar-refractivity contribution >= 4 is 5.91 Å². The van der Waals surface area contributed by atoms with E-state index in [-0.39, 0.29) is 18.7 Å². The SMILES string of the molecule is COc1cccc(OC)c1C(=O)NCC(c1ccc2c(c1)OCO2)N1CCCC1. The molecule has 1 fully saturated rings. The molecule has 1 N–H and O–H groups in total. The number of rotatable bonds is 7. The predicted octanol–water partition coefficient (Wildman–Crippen LogP) is 3.00. The lowest BCUT2D eigenvalue weighted by Crippen LogP contribution is -2.37. The maximum absolute atomic E-state index is 13.0. The van der Waals surface area contributed by atoms with E-state index < -0.39 is 0 Å². The number of carbonyl (C=O) groups excluding carboxylic acids is 1. The highest BCUT2D eigenvalue weighted by Gasteiger charge is 2.27. The van der Waals surface area contributed by atoms with E-state index in [0.29, 0.717) is 23.6 Å². The lowest BCUT2D eigenvalue weighted by molar-refractivity contribution is 0.0931. The van der Waals surface area contributed by atoms with E-state index in [0.717, 1.165) is 43.0 Å². The third-order valence-electron chi connectivity index (χ3n) is 5.47. The molecule has 7 nitrogen and oxygen atoms in total. The van der Waals surface area contributed by atoms with Crippen LogP contribution in [0.3, 0.4) is 0 Å². The summed E-state index contributed by atoms with van der Waals surface area (Å²) in [6.07, 6.45) is 2.32. The standard InChI is InChI=1S/C22H26N2O5/c1-26-18-6-5-7-19(27-2)21(18)22(25)23-13-16(24-10-3-4-11-24)15-8-9-17-20(12-15)29-14-28-17/h5-9,12,16H,3-4,10-11,13-14H2,1-2H3,(H,23,25). The quantitative estimate of drug-likeness (QED) is 0.773. The van der Waals surface area contributed by atoms with Gasteiger partial charge in [-0.2, -0.15) is 0 Å². The molecule has 4 rings (SSSR count). The van der Waals surface area contributed by atoms with Gasteiger partial charge >= 0.3 is 0 Å². The molecule has 0 bridgehead atoms. The van der Waals surface area contributed by atoms with E-state index in [1.54, 1.807) is 32.4 Å². The van der Waals surface area contributed by atoms with Crippen molar-refractivity contribution in [1.82, 2.24) is 10.2 Å². The van der Waals surface area contributed by atoms with Gasteiger partial charge in [-0.1, -0.05) is 12.1 Å². The number of fused-ring (bicyclic) bond motifs is 1. The molecule has 2 heterocycles. The molecule has 2 aromatic rings. The smallest absolute Gasteiger partial charge is 0.258 e. The van der Waals surface area contributed by atoms with Crippen LogP contribution in [0.25, 0.3) is 0 Å². The van der Waals surface area contributed by atoms with Crippen LogP contribution < -0.4 is 24.3 Å². The zero-order valence-corrected chi connectivity index (χ0v) is 16.8. The van der Waals surface area contributed by atoms with Gasteiger partial charge in [-0.05, 0) is 55.8 Å². The second-order valence-corrected chi connectivity index (χ2v) is 7.12. The molecule has 29 heavy (non-hydrogen) atoms. The number of amides is 1. The fraction of sp³-hybridized carbons (Fsp3) is 0.409. The van der Waals surface area contributed by atoms with E-state index in [1.807, 2.05) is 18.2 Å². The fourth-order valence-electron chi connectivity index (χ4n) is 3.98. The van der Waals surface area contributed by atoms with Crippen LogP contribution in [0.4, 0.5) is 0 Å². The minimum atomic E-state index is -0.218. The summed E-state index contributed by atoms with van der Waals surface area (Å²) in [5.74, 6) is 2.27. The Morgan fingerprint density at radius 3 is 2.45 bits per heavy atom. The molecule has 1 amide bonds. The Labute approximate surface area is 170 Å². The second-order valence-electron chi connectivity index (χ2n) is 7.12. The average molecular weight is 398 g/mol. The van der Waals surface area contributed by atoms with Gasteiger partial charge in [0.1, 0.15) is 17.1 Å². The summed E-state index contributed by atoms with van der Waals surface area (Å²) < 4.78 is 21.7. The van der Waals surface area contributed by atoms with Gasteiger partial charge < -0.3 is 24.3 Å². The highest BCUT2D eigenvalue weighted by Crippen LogP contribution is 2.36. The molecule has 0 aromatic heterocycles. The number of nitrogens with one attached hydrogen (secondary N) is 1. The van der Waals surface area contributed by atoms with Crippen LogP contribution in [0.15, 0.2) is 36.4 Å². The number of carbonyl (C=O) groups is 1. The van der Waals surface area contributed by atoms with Gasteiger partial charge in [0.2, 0.25) is 6.79 Å². The summed E-state index contributed by atoms with van der Waals surface area (Å²) in [5, 5.41) is 3.08. The molecular formula is C22H26N2O5. The molecule has 2 aliphatic rings. The highest BCUT2D eigenvalue weighted by molar-refractivity contribution is 5.99. The van der Waals surface area contributed by atoms with Crippen molar-refractivity contribution < 1.29 is 23.7 Å². The molecule has 1 atom stereocenters. The molecule has 0 aliphatic carbocycles. The number of hydrogen-bond acceptors (Lipinski definition) is 6. The Bertz CT molecular complexity index is 857. The Morgan fingerprint density at radius 1 is 1.07 bits per heavy atom. The van der Waals surface area contributed by atoms with Crippen molar-refractivity contribution in [3.05, 3.63) is 47.5 Å². The van der Waals surface area contributed by atoms with Crippen LogP contribution in [-0.4, -0.2) is 51.5 Å². The molecule has 2 aliphatic heterocycles. The maximum atomic E-state index is 13.0. The van der Waals surface area contributed by atoms with Gasteiger partial charge in [-0.25, -0.2) is 0 Å². The molecule has 1 unspecified atom stereocenters. The van der Waals surface area contributed by atoms with Crippen molar-refractivity contribution in [2.45, 2.75) is 18.9 Å². The number of ether oxygens (including phenoxy) is 4. The van der Waals surface area contributed by atoms with Crippen molar-refractivity contribution in [3.63, 3.8) is 0 Å². The van der Waals surface area contributed by atoms with E-state index in [4.69, 9.17) is 18.9 Å². The van der Waals surface area contributed by atoms with E-state index in [9.17, 15) is 4.79 Å². The van der Waals surface area contributed by atoms with Gasteiger partial charge in [0.15, 0.2) is 11.5 Å². The average Bonchev–Trinajstić information content (AvgIpc) is 3.44. The number of hydrogen-bond donors (Lipinski definition) is 1. The van der Waals surface area contributed by atoms with Gasteiger partial charge in [-0.3, -0.25) is 9.69 Å². The van der Waals surface area contributed by atoms with Crippen molar-refractivity contribution in [2.75, 3.05) is 40.6 Å². The van der Waals surface area contributed by atoms with Gasteiger partial charge in [0, 0.05) is 6.54 Å². The predicted molar refractivity (Wildman–Crippen MR) is 108 cm³/mol. The second kappa shape index (κ2) is 8.61. The fourth-order valence-corrected chi connectivity index (χ4v) is 3.98. The Hall–Kier alpha value is -2.93. The summed E-state index contributed by atoms with van der Waals surface area (Å²) in [7, 11) is 3.09. The molecular weight excluding hydrogens is 372 g/mol. The van der Waals surface area contributed by atoms with Crippen molar-refractivity contribution in [1.29, 1.82) is 0 Å². The highest BCUT2D eigenvalue weighted by atomic mass is 16.7. The Kier molecular flexibility index (Phi) is 5.76. The van der Waals surface area contributed by atoms with Crippen LogP contribution in [0.1, 0.15) is 34.8 Å². The Morgan fingerprint density at radius 2 is 1.76 bits per heavy atom. The van der Waals surface area contributed by atoms with Crippen molar-refractivity contribution in [2.24, 2.45) is 0 Å². The third kappa shape index (κ3) is 3.96. The first-order valence-electron chi connectivity index (χ1n) is 9.84. The molecule has 154 valence electrons. The monoisotopic (exact) mass is 398 g/mol. The molecule has 0 spiro atoms. The summed E-state index contributed by atoms with van der Waals surface area (Å²) in [6.45, 7) is 2.73. The number of methoxy groups -OCH3 is 2. The first-order chi connectivity index (χ1) is 14.2. The van der Waals surface area contributed by atoms with Gasteiger partial charge in [0.25, 0.3) is 5.91 Å². The van der Waals surface area contributed by atoms with Crippen LogP contribution in [0.2, 0.25) is 0 Å². The summed E-state index contributed by atoms with van der Waals surface area (Å²) in [4.78, 5) is 15.4. The topological polar surface area (TPSA) is 69.3 Å². The first kappa shape index (κ1) is 19.4. The summed E-state index contributed by atoms with van der Waals surface area (Å²) in [6, 6.07) is 11.4.